The molecule has 2 unspecified atom stereocenters. The molecule has 0 aromatic rings. The van der Waals surface area contributed by atoms with Crippen LogP contribution in [-0.4, -0.2) is 36.1 Å². The van der Waals surface area contributed by atoms with Gasteiger partial charge in [-0.3, -0.25) is 4.90 Å². The van der Waals surface area contributed by atoms with Crippen LogP contribution in [0, 0.1) is 0 Å². The van der Waals surface area contributed by atoms with Crippen molar-refractivity contribution in [3.05, 3.63) is 0 Å². The van der Waals surface area contributed by atoms with E-state index in [0.29, 0.717) is 0 Å². The van der Waals surface area contributed by atoms with Gasteiger partial charge in [0.25, 0.3) is 0 Å². The van der Waals surface area contributed by atoms with E-state index in [0.717, 1.165) is 24.2 Å². The molecule has 2 nitrogen and oxygen atoms in total. The molecule has 0 radical (unpaired) electrons. The fourth-order valence-electron chi connectivity index (χ4n) is 3.73. The first-order valence-corrected chi connectivity index (χ1v) is 6.33. The number of hydrogen-bond acceptors (Lipinski definition) is 2. The Morgan fingerprint density at radius 3 is 2.00 bits per heavy atom. The Morgan fingerprint density at radius 1 is 0.929 bits per heavy atom. The van der Waals surface area contributed by atoms with Crippen molar-refractivity contribution in [2.24, 2.45) is 0 Å². The highest BCUT2D eigenvalue weighted by atomic mass is 15.3. The molecule has 2 aliphatic heterocycles. The van der Waals surface area contributed by atoms with Crippen molar-refractivity contribution in [3.63, 3.8) is 0 Å². The molecule has 2 bridgehead atoms. The summed E-state index contributed by atoms with van der Waals surface area (Å²) in [6.45, 7) is 0. The van der Waals surface area contributed by atoms with E-state index in [1.54, 1.807) is 0 Å². The Bertz CT molecular complexity index is 198. The molecule has 2 heterocycles. The van der Waals surface area contributed by atoms with E-state index < -0.39 is 0 Å². The molecule has 2 heteroatoms. The highest BCUT2D eigenvalue weighted by Gasteiger charge is 2.44. The van der Waals surface area contributed by atoms with Crippen LogP contribution in [0.1, 0.15) is 44.9 Å². The van der Waals surface area contributed by atoms with Crippen LogP contribution in [0.5, 0.6) is 0 Å². The molecule has 3 rings (SSSR count). The van der Waals surface area contributed by atoms with Crippen LogP contribution < -0.4 is 5.32 Å². The van der Waals surface area contributed by atoms with Gasteiger partial charge in [-0.1, -0.05) is 6.42 Å². The van der Waals surface area contributed by atoms with Gasteiger partial charge in [-0.05, 0) is 45.6 Å². The van der Waals surface area contributed by atoms with Gasteiger partial charge < -0.3 is 5.32 Å². The molecule has 3 aliphatic rings. The largest absolute Gasteiger partial charge is 0.317 e. The minimum atomic E-state index is 0.809. The molecule has 2 atom stereocenters. The maximum Gasteiger partial charge on any atom is 0.0116 e. The third-order valence-electron chi connectivity index (χ3n) is 4.69. The Balaban J connectivity index is 1.70. The minimum Gasteiger partial charge on any atom is -0.317 e. The first-order chi connectivity index (χ1) is 6.88. The van der Waals surface area contributed by atoms with Gasteiger partial charge in [-0.25, -0.2) is 0 Å². The lowest BCUT2D eigenvalue weighted by molar-refractivity contribution is 0.0339. The average molecular weight is 194 g/mol. The SMILES string of the molecule is CNC1CC2CCC(C1)N2C1CCC1. The zero-order valence-electron chi connectivity index (χ0n) is 9.21. The third-order valence-corrected chi connectivity index (χ3v) is 4.69. The molecule has 1 N–H and O–H groups in total. The van der Waals surface area contributed by atoms with Gasteiger partial charge in [0.05, 0.1) is 0 Å². The molecule has 0 amide bonds. The van der Waals surface area contributed by atoms with Crippen molar-refractivity contribution in [3.8, 4) is 0 Å². The van der Waals surface area contributed by atoms with Gasteiger partial charge in [0.1, 0.15) is 0 Å². The van der Waals surface area contributed by atoms with Crippen LogP contribution in [0.3, 0.4) is 0 Å². The van der Waals surface area contributed by atoms with Crippen molar-refractivity contribution < 1.29 is 0 Å². The lowest BCUT2D eigenvalue weighted by Gasteiger charge is -2.47. The van der Waals surface area contributed by atoms with Crippen LogP contribution in [0.25, 0.3) is 0 Å². The summed E-state index contributed by atoms with van der Waals surface area (Å²) in [5.41, 5.74) is 0. The van der Waals surface area contributed by atoms with E-state index in [4.69, 9.17) is 0 Å². The summed E-state index contributed by atoms with van der Waals surface area (Å²) in [5, 5.41) is 3.47. The van der Waals surface area contributed by atoms with Crippen LogP contribution in [0.15, 0.2) is 0 Å². The minimum absolute atomic E-state index is 0.809. The molecule has 1 aliphatic carbocycles. The Labute approximate surface area is 87.0 Å². The molecule has 0 aromatic heterocycles. The standard InChI is InChI=1S/C12H22N2/c1-13-9-7-11-5-6-12(8-9)14(11)10-3-2-4-10/h9-13H,2-8H2,1H3. The van der Waals surface area contributed by atoms with Crippen LogP contribution in [0.2, 0.25) is 0 Å². The number of fused-ring (bicyclic) bond motifs is 2. The highest BCUT2D eigenvalue weighted by molar-refractivity contribution is 5.01. The first kappa shape index (κ1) is 9.17. The number of nitrogens with one attached hydrogen (secondary N) is 1. The van der Waals surface area contributed by atoms with Crippen LogP contribution in [0.4, 0.5) is 0 Å². The van der Waals surface area contributed by atoms with Crippen molar-refractivity contribution in [1.29, 1.82) is 0 Å². The Morgan fingerprint density at radius 2 is 1.57 bits per heavy atom. The molecule has 1 saturated carbocycles. The van der Waals surface area contributed by atoms with Crippen molar-refractivity contribution >= 4 is 0 Å². The van der Waals surface area contributed by atoms with Gasteiger partial charge in [-0.15, -0.1) is 0 Å². The third kappa shape index (κ3) is 1.31. The smallest absolute Gasteiger partial charge is 0.0116 e. The second kappa shape index (κ2) is 3.49. The summed E-state index contributed by atoms with van der Waals surface area (Å²) in [7, 11) is 2.13. The molecule has 80 valence electrons. The van der Waals surface area contributed by atoms with E-state index in [-0.39, 0.29) is 0 Å². The van der Waals surface area contributed by atoms with Gasteiger partial charge in [0.2, 0.25) is 0 Å². The predicted molar refractivity (Wildman–Crippen MR) is 58.4 cm³/mol. The fourth-order valence-corrected chi connectivity index (χ4v) is 3.73. The predicted octanol–water partition coefficient (Wildman–Crippen LogP) is 1.75. The molecular formula is C12H22N2. The van der Waals surface area contributed by atoms with Gasteiger partial charge in [-0.2, -0.15) is 0 Å². The van der Waals surface area contributed by atoms with Gasteiger partial charge >= 0.3 is 0 Å². The van der Waals surface area contributed by atoms with Crippen molar-refractivity contribution in [1.82, 2.24) is 10.2 Å². The van der Waals surface area contributed by atoms with Gasteiger partial charge in [0.15, 0.2) is 0 Å². The monoisotopic (exact) mass is 194 g/mol. The average Bonchev–Trinajstić information content (AvgIpc) is 2.38. The molecular weight excluding hydrogens is 172 g/mol. The van der Waals surface area contributed by atoms with E-state index in [2.05, 4.69) is 17.3 Å². The number of rotatable bonds is 2. The van der Waals surface area contributed by atoms with E-state index in [1.165, 1.54) is 44.9 Å². The summed E-state index contributed by atoms with van der Waals surface area (Å²) in [5.74, 6) is 0. The lowest BCUT2D eigenvalue weighted by Crippen LogP contribution is -2.54. The summed E-state index contributed by atoms with van der Waals surface area (Å²) in [4.78, 5) is 2.89. The van der Waals surface area contributed by atoms with Gasteiger partial charge in [0, 0.05) is 24.2 Å². The maximum absolute atomic E-state index is 3.47. The molecule has 0 spiro atoms. The molecule has 3 fully saturated rings. The second-order valence-corrected chi connectivity index (χ2v) is 5.37. The zero-order chi connectivity index (χ0) is 9.54. The van der Waals surface area contributed by atoms with E-state index >= 15 is 0 Å². The topological polar surface area (TPSA) is 15.3 Å². The van der Waals surface area contributed by atoms with E-state index in [9.17, 15) is 0 Å². The summed E-state index contributed by atoms with van der Waals surface area (Å²) < 4.78 is 0. The quantitative estimate of drug-likeness (QED) is 0.720. The summed E-state index contributed by atoms with van der Waals surface area (Å²) >= 11 is 0. The Hall–Kier alpha value is -0.0800. The molecule has 14 heavy (non-hydrogen) atoms. The maximum atomic E-state index is 3.47. The van der Waals surface area contributed by atoms with Crippen molar-refractivity contribution in [2.75, 3.05) is 7.05 Å². The van der Waals surface area contributed by atoms with Crippen LogP contribution >= 0.6 is 0 Å². The molecule has 2 saturated heterocycles. The first-order valence-electron chi connectivity index (χ1n) is 6.33. The zero-order valence-corrected chi connectivity index (χ0v) is 9.21. The number of hydrogen-bond donors (Lipinski definition) is 1. The number of nitrogens with zero attached hydrogens (tertiary/aromatic N) is 1. The number of piperidine rings is 1. The fraction of sp³-hybridized carbons (Fsp3) is 1.00. The van der Waals surface area contributed by atoms with E-state index in [1.807, 2.05) is 0 Å². The van der Waals surface area contributed by atoms with Crippen LogP contribution in [-0.2, 0) is 0 Å². The summed E-state index contributed by atoms with van der Waals surface area (Å²) in [6, 6.07) is 3.64. The summed E-state index contributed by atoms with van der Waals surface area (Å²) in [6.07, 6.45) is 10.2. The van der Waals surface area contributed by atoms with Crippen molar-refractivity contribution in [2.45, 2.75) is 69.1 Å². The second-order valence-electron chi connectivity index (χ2n) is 5.37. The lowest BCUT2D eigenvalue weighted by atomic mass is 9.86. The molecule has 0 aromatic carbocycles. The Kier molecular flexibility index (Phi) is 2.29. The highest BCUT2D eigenvalue weighted by Crippen LogP contribution is 2.41. The normalized spacial score (nSPS) is 43.9.